The fraction of sp³-hybridized carbons (Fsp3) is 1.00. The lowest BCUT2D eigenvalue weighted by Gasteiger charge is -2.24. The maximum Gasteiger partial charge on any atom is 0.0514 e. The summed E-state index contributed by atoms with van der Waals surface area (Å²) in [6, 6.07) is 0. The van der Waals surface area contributed by atoms with E-state index in [1.165, 1.54) is 0 Å². The van der Waals surface area contributed by atoms with Gasteiger partial charge in [-0.1, -0.05) is 34.1 Å². The smallest absolute Gasteiger partial charge is 0.0514 e. The Kier molecular flexibility index (Phi) is 6.46. The third-order valence-corrected chi connectivity index (χ3v) is 2.39. The summed E-state index contributed by atoms with van der Waals surface area (Å²) in [6.07, 6.45) is 4.40. The number of hydrogen-bond donors (Lipinski definition) is 1. The van der Waals surface area contributed by atoms with Crippen molar-refractivity contribution in [3.63, 3.8) is 0 Å². The normalized spacial score (nSPS) is 16.4. The summed E-state index contributed by atoms with van der Waals surface area (Å²) in [5, 5.41) is 0. The Morgan fingerprint density at radius 3 is 2.13 bits per heavy atom. The fourth-order valence-corrected chi connectivity index (χ4v) is 1.65. The maximum absolute atomic E-state index is 6.14. The monoisotopic (exact) mass is 215 g/mol. The molecule has 0 unspecified atom stereocenters. The van der Waals surface area contributed by atoms with Crippen molar-refractivity contribution in [1.82, 2.24) is 0 Å². The van der Waals surface area contributed by atoms with Crippen LogP contribution in [-0.2, 0) is 4.74 Å². The Morgan fingerprint density at radius 1 is 1.07 bits per heavy atom. The van der Waals surface area contributed by atoms with Crippen molar-refractivity contribution in [2.24, 2.45) is 11.1 Å². The van der Waals surface area contributed by atoms with Crippen LogP contribution < -0.4 is 5.73 Å². The molecule has 0 aromatic carbocycles. The van der Waals surface area contributed by atoms with E-state index in [9.17, 15) is 0 Å². The van der Waals surface area contributed by atoms with Crippen LogP contribution in [0.3, 0.4) is 0 Å². The summed E-state index contributed by atoms with van der Waals surface area (Å²) in [7, 11) is 0. The highest BCUT2D eigenvalue weighted by Gasteiger charge is 2.16. The molecule has 0 saturated heterocycles. The number of rotatable bonds is 7. The fourth-order valence-electron chi connectivity index (χ4n) is 1.65. The van der Waals surface area contributed by atoms with E-state index in [-0.39, 0.29) is 11.0 Å². The number of nitrogens with two attached hydrogens (primary N) is 1. The molecule has 0 saturated carbocycles. The first-order valence-corrected chi connectivity index (χ1v) is 6.13. The topological polar surface area (TPSA) is 35.2 Å². The van der Waals surface area contributed by atoms with Gasteiger partial charge in [-0.3, -0.25) is 0 Å². The molecule has 0 fully saturated rings. The van der Waals surface area contributed by atoms with E-state index in [0.717, 1.165) is 38.9 Å². The highest BCUT2D eigenvalue weighted by atomic mass is 16.5. The molecule has 0 aromatic heterocycles. The average Bonchev–Trinajstić information content (AvgIpc) is 2.00. The third-order valence-electron chi connectivity index (χ3n) is 2.39. The Morgan fingerprint density at radius 2 is 1.67 bits per heavy atom. The van der Waals surface area contributed by atoms with Gasteiger partial charge in [-0.25, -0.2) is 0 Å². The van der Waals surface area contributed by atoms with Gasteiger partial charge in [-0.05, 0) is 31.6 Å². The second kappa shape index (κ2) is 6.49. The van der Waals surface area contributed by atoms with Crippen molar-refractivity contribution in [3.8, 4) is 0 Å². The van der Waals surface area contributed by atoms with Crippen molar-refractivity contribution in [3.05, 3.63) is 0 Å². The van der Waals surface area contributed by atoms with Crippen LogP contribution in [0.5, 0.6) is 0 Å². The lowest BCUT2D eigenvalue weighted by molar-refractivity contribution is 0.0661. The zero-order valence-corrected chi connectivity index (χ0v) is 11.2. The molecular weight excluding hydrogens is 186 g/mol. The van der Waals surface area contributed by atoms with Crippen LogP contribution in [0.4, 0.5) is 0 Å². The van der Waals surface area contributed by atoms with Crippen LogP contribution in [0.2, 0.25) is 0 Å². The van der Waals surface area contributed by atoms with E-state index in [4.69, 9.17) is 10.5 Å². The number of hydrogen-bond acceptors (Lipinski definition) is 2. The van der Waals surface area contributed by atoms with E-state index < -0.39 is 0 Å². The van der Waals surface area contributed by atoms with Crippen molar-refractivity contribution in [2.75, 3.05) is 13.2 Å². The summed E-state index contributed by atoms with van der Waals surface area (Å²) < 4.78 is 5.62. The molecule has 0 radical (unpaired) electrons. The maximum atomic E-state index is 6.14. The van der Waals surface area contributed by atoms with Gasteiger partial charge in [0.25, 0.3) is 0 Å². The molecule has 0 aliphatic rings. The van der Waals surface area contributed by atoms with Gasteiger partial charge in [-0.15, -0.1) is 0 Å². The molecule has 0 amide bonds. The van der Waals surface area contributed by atoms with Crippen molar-refractivity contribution >= 4 is 0 Å². The molecule has 2 N–H and O–H groups in total. The van der Waals surface area contributed by atoms with Crippen LogP contribution in [0, 0.1) is 5.41 Å². The van der Waals surface area contributed by atoms with Gasteiger partial charge >= 0.3 is 0 Å². The van der Waals surface area contributed by atoms with Crippen LogP contribution >= 0.6 is 0 Å². The van der Waals surface area contributed by atoms with Gasteiger partial charge in [0.15, 0.2) is 0 Å². The minimum absolute atomic E-state index is 0.000156. The largest absolute Gasteiger partial charge is 0.381 e. The van der Waals surface area contributed by atoms with Crippen LogP contribution in [0.25, 0.3) is 0 Å². The molecule has 0 bridgehead atoms. The summed E-state index contributed by atoms with van der Waals surface area (Å²) in [6.45, 7) is 12.6. The van der Waals surface area contributed by atoms with Crippen LogP contribution in [-0.4, -0.2) is 18.8 Å². The molecule has 92 valence electrons. The highest BCUT2D eigenvalue weighted by molar-refractivity contribution is 4.77. The van der Waals surface area contributed by atoms with Gasteiger partial charge < -0.3 is 10.5 Å². The molecule has 0 aromatic rings. The van der Waals surface area contributed by atoms with Crippen molar-refractivity contribution in [2.45, 2.75) is 65.8 Å². The predicted molar refractivity (Wildman–Crippen MR) is 67.0 cm³/mol. The Labute approximate surface area is 95.6 Å². The molecule has 0 aliphatic carbocycles. The summed E-state index contributed by atoms with van der Waals surface area (Å²) >= 11 is 0. The summed E-state index contributed by atoms with van der Waals surface area (Å²) in [4.78, 5) is 0. The second-order valence-electron chi connectivity index (χ2n) is 6.12. The lowest BCUT2D eigenvalue weighted by Crippen LogP contribution is -2.36. The minimum atomic E-state index is -0.000156. The molecule has 0 heterocycles. The third kappa shape index (κ3) is 10.2. The second-order valence-corrected chi connectivity index (χ2v) is 6.12. The van der Waals surface area contributed by atoms with E-state index in [1.807, 2.05) is 0 Å². The molecule has 0 rings (SSSR count). The van der Waals surface area contributed by atoms with Crippen molar-refractivity contribution < 1.29 is 4.74 Å². The van der Waals surface area contributed by atoms with E-state index in [0.29, 0.717) is 0 Å². The molecule has 2 heteroatoms. The van der Waals surface area contributed by atoms with Gasteiger partial charge in [0.2, 0.25) is 0 Å². The Bertz CT molecular complexity index is 158. The Hall–Kier alpha value is -0.0800. The standard InChI is InChI=1S/C13H29NO/c1-6-8-13(5,14)9-7-10-15-11-12(2,3)4/h6-11,14H2,1-5H3/t13-/m1/s1. The molecule has 1 atom stereocenters. The van der Waals surface area contributed by atoms with E-state index in [2.05, 4.69) is 34.6 Å². The first kappa shape index (κ1) is 14.9. The predicted octanol–water partition coefficient (Wildman–Crippen LogP) is 3.35. The van der Waals surface area contributed by atoms with E-state index in [1.54, 1.807) is 0 Å². The molecule has 15 heavy (non-hydrogen) atoms. The zero-order chi connectivity index (χ0) is 11.9. The zero-order valence-electron chi connectivity index (χ0n) is 11.2. The van der Waals surface area contributed by atoms with Crippen LogP contribution in [0.1, 0.15) is 60.3 Å². The Balaban J connectivity index is 3.46. The van der Waals surface area contributed by atoms with Crippen LogP contribution in [0.15, 0.2) is 0 Å². The summed E-state index contributed by atoms with van der Waals surface area (Å²) in [5.41, 5.74) is 6.41. The average molecular weight is 215 g/mol. The summed E-state index contributed by atoms with van der Waals surface area (Å²) in [5.74, 6) is 0. The molecular formula is C13H29NO. The van der Waals surface area contributed by atoms with Gasteiger partial charge in [0.1, 0.15) is 0 Å². The highest BCUT2D eigenvalue weighted by Crippen LogP contribution is 2.16. The lowest BCUT2D eigenvalue weighted by atomic mass is 9.92. The van der Waals surface area contributed by atoms with E-state index >= 15 is 0 Å². The van der Waals surface area contributed by atoms with Gasteiger partial charge in [0, 0.05) is 12.1 Å². The minimum Gasteiger partial charge on any atom is -0.381 e. The molecule has 0 aliphatic heterocycles. The quantitative estimate of drug-likeness (QED) is 0.661. The van der Waals surface area contributed by atoms with Gasteiger partial charge in [0.05, 0.1) is 6.61 Å². The number of ether oxygens (including phenoxy) is 1. The molecule has 2 nitrogen and oxygen atoms in total. The van der Waals surface area contributed by atoms with Crippen molar-refractivity contribution in [1.29, 1.82) is 0 Å². The van der Waals surface area contributed by atoms with Gasteiger partial charge in [-0.2, -0.15) is 0 Å². The molecule has 0 spiro atoms. The SMILES string of the molecule is CCC[C@@](C)(N)CCCOCC(C)(C)C. The first-order valence-electron chi connectivity index (χ1n) is 6.13. The first-order chi connectivity index (χ1) is 6.77.